The summed E-state index contributed by atoms with van der Waals surface area (Å²) in [6.45, 7) is 4.59. The highest BCUT2D eigenvalue weighted by atomic mass is 16.5. The number of imidazole rings is 1. The second-order valence-corrected chi connectivity index (χ2v) is 11.7. The number of hydrogen-bond donors (Lipinski definition) is 0. The zero-order valence-corrected chi connectivity index (χ0v) is 24.2. The van der Waals surface area contributed by atoms with E-state index in [-0.39, 0.29) is 5.41 Å². The van der Waals surface area contributed by atoms with Crippen LogP contribution in [0.3, 0.4) is 0 Å². The fourth-order valence-corrected chi connectivity index (χ4v) is 6.34. The van der Waals surface area contributed by atoms with Gasteiger partial charge in [-0.15, -0.1) is 0 Å². The lowest BCUT2D eigenvalue weighted by atomic mass is 9.74. The maximum atomic E-state index is 6.44. The van der Waals surface area contributed by atoms with E-state index in [0.29, 0.717) is 0 Å². The fourth-order valence-electron chi connectivity index (χ4n) is 6.34. The van der Waals surface area contributed by atoms with Crippen LogP contribution in [0.25, 0.3) is 50.4 Å². The zero-order chi connectivity index (χ0) is 29.0. The van der Waals surface area contributed by atoms with Crippen molar-refractivity contribution in [1.82, 2.24) is 9.55 Å². The standard InChI is InChI=1S/C40H30N2O/c1-40(2)33-25-30(27-11-5-3-6-12-27)21-23-37(33)43-38-24-22-31(26-34(38)40)28-17-19-29(20-18-28)39-41-35-15-9-10-16-36(35)42(39)32-13-7-4-8-14-32/h3-26H,1-2H3. The van der Waals surface area contributed by atoms with Crippen LogP contribution in [0.4, 0.5) is 0 Å². The highest BCUT2D eigenvalue weighted by molar-refractivity contribution is 5.84. The summed E-state index contributed by atoms with van der Waals surface area (Å²) in [5, 5.41) is 0. The Balaban J connectivity index is 1.16. The van der Waals surface area contributed by atoms with Crippen molar-refractivity contribution in [3.63, 3.8) is 0 Å². The first kappa shape index (κ1) is 25.3. The normalized spacial score (nSPS) is 13.3. The van der Waals surface area contributed by atoms with Gasteiger partial charge in [-0.1, -0.05) is 111 Å². The zero-order valence-electron chi connectivity index (χ0n) is 24.2. The lowest BCUT2D eigenvalue weighted by molar-refractivity contribution is 0.418. The van der Waals surface area contributed by atoms with E-state index in [2.05, 4.69) is 152 Å². The minimum atomic E-state index is -0.218. The number of fused-ring (bicyclic) bond motifs is 3. The third-order valence-electron chi connectivity index (χ3n) is 8.68. The molecule has 0 radical (unpaired) electrons. The van der Waals surface area contributed by atoms with Crippen molar-refractivity contribution in [3.05, 3.63) is 157 Å². The van der Waals surface area contributed by atoms with E-state index < -0.39 is 0 Å². The Morgan fingerprint density at radius 3 is 1.67 bits per heavy atom. The van der Waals surface area contributed by atoms with Crippen LogP contribution in [0.15, 0.2) is 146 Å². The minimum absolute atomic E-state index is 0.218. The molecule has 0 N–H and O–H groups in total. The maximum absolute atomic E-state index is 6.44. The Labute approximate surface area is 251 Å². The molecule has 0 spiro atoms. The van der Waals surface area contributed by atoms with Gasteiger partial charge >= 0.3 is 0 Å². The van der Waals surface area contributed by atoms with E-state index in [1.807, 2.05) is 12.1 Å². The summed E-state index contributed by atoms with van der Waals surface area (Å²) in [4.78, 5) is 5.04. The number of nitrogens with zero attached hydrogens (tertiary/aromatic N) is 2. The van der Waals surface area contributed by atoms with Gasteiger partial charge in [-0.05, 0) is 70.8 Å². The van der Waals surface area contributed by atoms with Gasteiger partial charge in [-0.2, -0.15) is 0 Å². The molecule has 0 fully saturated rings. The van der Waals surface area contributed by atoms with Gasteiger partial charge in [0, 0.05) is 27.8 Å². The molecule has 2 heterocycles. The number of ether oxygens (including phenoxy) is 1. The average Bonchev–Trinajstić information content (AvgIpc) is 3.45. The van der Waals surface area contributed by atoms with Crippen LogP contribution in [0.1, 0.15) is 25.0 Å². The molecule has 1 aliphatic rings. The number of hydrogen-bond acceptors (Lipinski definition) is 2. The Bertz CT molecular complexity index is 2110. The molecule has 0 unspecified atom stereocenters. The predicted octanol–water partition coefficient (Wildman–Crippen LogP) is 10.5. The number of para-hydroxylation sites is 3. The number of benzene rings is 6. The molecule has 206 valence electrons. The van der Waals surface area contributed by atoms with Gasteiger partial charge in [0.15, 0.2) is 0 Å². The van der Waals surface area contributed by atoms with Crippen molar-refractivity contribution in [2.45, 2.75) is 19.3 Å². The molecule has 1 aromatic heterocycles. The van der Waals surface area contributed by atoms with E-state index in [0.717, 1.165) is 45.2 Å². The maximum Gasteiger partial charge on any atom is 0.145 e. The molecule has 6 aromatic carbocycles. The number of rotatable bonds is 4. The van der Waals surface area contributed by atoms with Crippen molar-refractivity contribution in [2.24, 2.45) is 0 Å². The highest BCUT2D eigenvalue weighted by Gasteiger charge is 2.34. The molecule has 0 saturated heterocycles. The Morgan fingerprint density at radius 1 is 0.512 bits per heavy atom. The van der Waals surface area contributed by atoms with Crippen LogP contribution >= 0.6 is 0 Å². The predicted molar refractivity (Wildman–Crippen MR) is 176 cm³/mol. The molecule has 3 nitrogen and oxygen atoms in total. The first-order valence-electron chi connectivity index (χ1n) is 14.7. The third-order valence-corrected chi connectivity index (χ3v) is 8.68. The second-order valence-electron chi connectivity index (χ2n) is 11.7. The largest absolute Gasteiger partial charge is 0.457 e. The fraction of sp³-hybridized carbons (Fsp3) is 0.0750. The van der Waals surface area contributed by atoms with Gasteiger partial charge in [0.2, 0.25) is 0 Å². The molecule has 0 aliphatic carbocycles. The van der Waals surface area contributed by atoms with E-state index in [1.165, 1.54) is 27.8 Å². The van der Waals surface area contributed by atoms with Gasteiger partial charge in [-0.3, -0.25) is 4.57 Å². The molecule has 3 heteroatoms. The summed E-state index contributed by atoms with van der Waals surface area (Å²) in [5.41, 5.74) is 11.2. The second kappa shape index (κ2) is 9.85. The molecule has 7 aromatic rings. The number of aromatic nitrogens is 2. The third kappa shape index (κ3) is 4.24. The minimum Gasteiger partial charge on any atom is -0.457 e. The van der Waals surface area contributed by atoms with Crippen LogP contribution in [0.2, 0.25) is 0 Å². The Morgan fingerprint density at radius 2 is 1.02 bits per heavy atom. The monoisotopic (exact) mass is 554 g/mol. The van der Waals surface area contributed by atoms with E-state index in [1.54, 1.807) is 0 Å². The van der Waals surface area contributed by atoms with E-state index >= 15 is 0 Å². The lowest BCUT2D eigenvalue weighted by Gasteiger charge is -2.35. The summed E-state index contributed by atoms with van der Waals surface area (Å²) in [7, 11) is 0. The first-order chi connectivity index (χ1) is 21.1. The molecule has 0 atom stereocenters. The highest BCUT2D eigenvalue weighted by Crippen LogP contribution is 2.49. The molecule has 0 saturated carbocycles. The van der Waals surface area contributed by atoms with Gasteiger partial charge in [0.25, 0.3) is 0 Å². The Kier molecular flexibility index (Phi) is 5.80. The van der Waals surface area contributed by atoms with E-state index in [4.69, 9.17) is 9.72 Å². The van der Waals surface area contributed by atoms with Crippen LogP contribution in [0, 0.1) is 0 Å². The SMILES string of the molecule is CC1(C)c2cc(-c3ccccc3)ccc2Oc2ccc(-c3ccc(-c4nc5ccccc5n4-c4ccccc4)cc3)cc21. The first-order valence-corrected chi connectivity index (χ1v) is 14.7. The molecule has 0 bridgehead atoms. The summed E-state index contributed by atoms with van der Waals surface area (Å²) in [6, 6.07) is 51.2. The quantitative estimate of drug-likeness (QED) is 0.216. The van der Waals surface area contributed by atoms with Crippen LogP contribution in [0.5, 0.6) is 11.5 Å². The van der Waals surface area contributed by atoms with Crippen molar-refractivity contribution < 1.29 is 4.74 Å². The summed E-state index contributed by atoms with van der Waals surface area (Å²) in [6.07, 6.45) is 0. The Hall–Kier alpha value is -5.41. The molecule has 1 aliphatic heterocycles. The van der Waals surface area contributed by atoms with Crippen molar-refractivity contribution >= 4 is 11.0 Å². The van der Waals surface area contributed by atoms with Gasteiger partial charge < -0.3 is 4.74 Å². The van der Waals surface area contributed by atoms with Gasteiger partial charge in [0.1, 0.15) is 17.3 Å². The smallest absolute Gasteiger partial charge is 0.145 e. The average molecular weight is 555 g/mol. The molecule has 8 rings (SSSR count). The molecular formula is C40H30N2O. The van der Waals surface area contributed by atoms with Gasteiger partial charge in [-0.25, -0.2) is 4.98 Å². The van der Waals surface area contributed by atoms with E-state index in [9.17, 15) is 0 Å². The summed E-state index contributed by atoms with van der Waals surface area (Å²) >= 11 is 0. The van der Waals surface area contributed by atoms with Gasteiger partial charge in [0.05, 0.1) is 11.0 Å². The van der Waals surface area contributed by atoms with Crippen LogP contribution in [-0.2, 0) is 5.41 Å². The van der Waals surface area contributed by atoms with Crippen molar-refractivity contribution in [2.75, 3.05) is 0 Å². The molecular weight excluding hydrogens is 524 g/mol. The van der Waals surface area contributed by atoms with Crippen LogP contribution < -0.4 is 4.74 Å². The summed E-state index contributed by atoms with van der Waals surface area (Å²) < 4.78 is 8.69. The van der Waals surface area contributed by atoms with Crippen molar-refractivity contribution in [3.8, 4) is 50.8 Å². The lowest BCUT2D eigenvalue weighted by Crippen LogP contribution is -2.24. The molecule has 0 amide bonds. The molecule has 43 heavy (non-hydrogen) atoms. The van der Waals surface area contributed by atoms with Crippen LogP contribution in [-0.4, -0.2) is 9.55 Å². The van der Waals surface area contributed by atoms with Crippen molar-refractivity contribution in [1.29, 1.82) is 0 Å². The topological polar surface area (TPSA) is 27.1 Å². The summed E-state index contributed by atoms with van der Waals surface area (Å²) in [5.74, 6) is 2.78.